The fourth-order valence-electron chi connectivity index (χ4n) is 1.60. The van der Waals surface area contributed by atoms with Gasteiger partial charge in [-0.3, -0.25) is 0 Å². The van der Waals surface area contributed by atoms with E-state index < -0.39 is 0 Å². The average molecular weight is 231 g/mol. The maximum atomic E-state index is 5.32. The Labute approximate surface area is 104 Å². The van der Waals surface area contributed by atoms with Gasteiger partial charge in [-0.05, 0) is 30.7 Å². The number of aryl methyl sites for hydroxylation is 1. The lowest BCUT2D eigenvalue weighted by Crippen LogP contribution is -2.20. The zero-order valence-corrected chi connectivity index (χ0v) is 11.0. The molecule has 92 valence electrons. The number of aromatic nitrogens is 1. The van der Waals surface area contributed by atoms with Crippen molar-refractivity contribution in [3.05, 3.63) is 23.4 Å². The Morgan fingerprint density at radius 2 is 2.18 bits per heavy atom. The molecule has 0 bridgehead atoms. The van der Waals surface area contributed by atoms with E-state index in [1.54, 1.807) is 0 Å². The second-order valence-electron chi connectivity index (χ2n) is 4.02. The van der Waals surface area contributed by atoms with Gasteiger partial charge in [-0.1, -0.05) is 19.8 Å². The molecule has 3 nitrogen and oxygen atoms in total. The van der Waals surface area contributed by atoms with Crippen LogP contribution in [0.2, 0.25) is 0 Å². The highest BCUT2D eigenvalue weighted by Gasteiger charge is 2.05. The van der Waals surface area contributed by atoms with Gasteiger partial charge in [-0.15, -0.1) is 6.42 Å². The predicted molar refractivity (Wildman–Crippen MR) is 73.1 cm³/mol. The Morgan fingerprint density at radius 3 is 2.76 bits per heavy atom. The normalized spacial score (nSPS) is 10.0. The van der Waals surface area contributed by atoms with E-state index in [1.807, 2.05) is 11.9 Å². The summed E-state index contributed by atoms with van der Waals surface area (Å²) in [6, 6.07) is 4.25. The van der Waals surface area contributed by atoms with Crippen molar-refractivity contribution < 1.29 is 0 Å². The molecular formula is C14H21N3. The Balaban J connectivity index is 2.92. The SMILES string of the molecule is C#CCN(C)c1cc(CNCC)cc(CC)n1. The molecule has 1 N–H and O–H groups in total. The molecule has 0 spiro atoms. The minimum Gasteiger partial charge on any atom is -0.349 e. The van der Waals surface area contributed by atoms with Crippen LogP contribution in [0.5, 0.6) is 0 Å². The van der Waals surface area contributed by atoms with Crippen LogP contribution in [0.15, 0.2) is 12.1 Å². The van der Waals surface area contributed by atoms with Crippen LogP contribution in [0, 0.1) is 12.3 Å². The van der Waals surface area contributed by atoms with E-state index in [1.165, 1.54) is 5.56 Å². The zero-order valence-electron chi connectivity index (χ0n) is 11.0. The van der Waals surface area contributed by atoms with Crippen LogP contribution >= 0.6 is 0 Å². The van der Waals surface area contributed by atoms with Crippen molar-refractivity contribution in [3.8, 4) is 12.3 Å². The van der Waals surface area contributed by atoms with E-state index in [0.29, 0.717) is 6.54 Å². The fourth-order valence-corrected chi connectivity index (χ4v) is 1.60. The Bertz CT molecular complexity index is 393. The molecule has 17 heavy (non-hydrogen) atoms. The maximum absolute atomic E-state index is 5.32. The molecule has 0 aliphatic heterocycles. The lowest BCUT2D eigenvalue weighted by molar-refractivity contribution is 0.723. The molecule has 0 aliphatic carbocycles. The van der Waals surface area contributed by atoms with Gasteiger partial charge in [0.25, 0.3) is 0 Å². The summed E-state index contributed by atoms with van der Waals surface area (Å²) >= 11 is 0. The van der Waals surface area contributed by atoms with Crippen LogP contribution in [0.25, 0.3) is 0 Å². The van der Waals surface area contributed by atoms with Crippen LogP contribution < -0.4 is 10.2 Å². The summed E-state index contributed by atoms with van der Waals surface area (Å²) in [5.41, 5.74) is 2.37. The van der Waals surface area contributed by atoms with Gasteiger partial charge in [-0.25, -0.2) is 4.98 Å². The van der Waals surface area contributed by atoms with E-state index in [9.17, 15) is 0 Å². The monoisotopic (exact) mass is 231 g/mol. The first-order valence-corrected chi connectivity index (χ1v) is 6.06. The third-order valence-corrected chi connectivity index (χ3v) is 2.59. The third-order valence-electron chi connectivity index (χ3n) is 2.59. The van der Waals surface area contributed by atoms with Crippen molar-refractivity contribution in [3.63, 3.8) is 0 Å². The molecule has 0 amide bonds. The standard InChI is InChI=1S/C14H21N3/c1-5-8-17(4)14-10-12(11-15-7-3)9-13(6-2)16-14/h1,9-10,15H,6-8,11H2,2-4H3. The summed E-state index contributed by atoms with van der Waals surface area (Å²) in [5.74, 6) is 3.59. The number of rotatable bonds is 6. The van der Waals surface area contributed by atoms with Gasteiger partial charge in [0.1, 0.15) is 5.82 Å². The van der Waals surface area contributed by atoms with Gasteiger partial charge in [0.15, 0.2) is 0 Å². The summed E-state index contributed by atoms with van der Waals surface area (Å²) in [7, 11) is 1.97. The van der Waals surface area contributed by atoms with E-state index in [-0.39, 0.29) is 0 Å². The average Bonchev–Trinajstić information content (AvgIpc) is 2.36. The molecule has 0 aromatic carbocycles. The third kappa shape index (κ3) is 4.08. The highest BCUT2D eigenvalue weighted by molar-refractivity contribution is 5.43. The van der Waals surface area contributed by atoms with E-state index >= 15 is 0 Å². The Morgan fingerprint density at radius 1 is 1.41 bits per heavy atom. The molecule has 0 unspecified atom stereocenters. The number of nitrogens with one attached hydrogen (secondary N) is 1. The van der Waals surface area contributed by atoms with Crippen LogP contribution in [0.4, 0.5) is 5.82 Å². The molecule has 1 rings (SSSR count). The largest absolute Gasteiger partial charge is 0.349 e. The van der Waals surface area contributed by atoms with Crippen LogP contribution in [-0.2, 0) is 13.0 Å². The Kier molecular flexibility index (Phi) is 5.51. The van der Waals surface area contributed by atoms with Crippen molar-refractivity contribution in [2.24, 2.45) is 0 Å². The van der Waals surface area contributed by atoms with Gasteiger partial charge in [0.2, 0.25) is 0 Å². The fraction of sp³-hybridized carbons (Fsp3) is 0.500. The second-order valence-corrected chi connectivity index (χ2v) is 4.02. The molecular weight excluding hydrogens is 210 g/mol. The molecule has 0 aliphatic rings. The number of terminal acetylenes is 1. The van der Waals surface area contributed by atoms with Crippen LogP contribution in [0.1, 0.15) is 25.1 Å². The molecule has 0 saturated carbocycles. The van der Waals surface area contributed by atoms with Crippen molar-refractivity contribution in [2.45, 2.75) is 26.8 Å². The highest BCUT2D eigenvalue weighted by atomic mass is 15.2. The van der Waals surface area contributed by atoms with E-state index in [0.717, 1.165) is 31.0 Å². The second kappa shape index (κ2) is 6.93. The highest BCUT2D eigenvalue weighted by Crippen LogP contribution is 2.14. The van der Waals surface area contributed by atoms with Crippen LogP contribution in [-0.4, -0.2) is 25.1 Å². The molecule has 1 aromatic rings. The number of anilines is 1. The van der Waals surface area contributed by atoms with Crippen molar-refractivity contribution in [1.82, 2.24) is 10.3 Å². The lowest BCUT2D eigenvalue weighted by Gasteiger charge is -2.17. The van der Waals surface area contributed by atoms with Crippen LogP contribution in [0.3, 0.4) is 0 Å². The number of pyridine rings is 1. The van der Waals surface area contributed by atoms with Crippen molar-refractivity contribution in [2.75, 3.05) is 25.0 Å². The summed E-state index contributed by atoms with van der Waals surface area (Å²) < 4.78 is 0. The summed E-state index contributed by atoms with van der Waals surface area (Å²) in [6.07, 6.45) is 6.27. The molecule has 1 heterocycles. The lowest BCUT2D eigenvalue weighted by atomic mass is 10.2. The van der Waals surface area contributed by atoms with Crippen molar-refractivity contribution in [1.29, 1.82) is 0 Å². The number of hydrogen-bond acceptors (Lipinski definition) is 3. The minimum absolute atomic E-state index is 0.584. The summed E-state index contributed by atoms with van der Waals surface area (Å²) in [4.78, 5) is 6.58. The molecule has 3 heteroatoms. The first-order chi connectivity index (χ1) is 8.21. The van der Waals surface area contributed by atoms with E-state index in [4.69, 9.17) is 6.42 Å². The number of hydrogen-bond donors (Lipinski definition) is 1. The van der Waals surface area contributed by atoms with Gasteiger partial charge in [0.05, 0.1) is 6.54 Å². The van der Waals surface area contributed by atoms with Gasteiger partial charge in [0, 0.05) is 19.3 Å². The topological polar surface area (TPSA) is 28.2 Å². The molecule has 0 saturated heterocycles. The molecule has 0 fully saturated rings. The number of nitrogens with zero attached hydrogens (tertiary/aromatic N) is 2. The summed E-state index contributed by atoms with van der Waals surface area (Å²) in [5, 5.41) is 3.33. The predicted octanol–water partition coefficient (Wildman–Crippen LogP) is 1.82. The molecule has 0 atom stereocenters. The first kappa shape index (κ1) is 13.5. The zero-order chi connectivity index (χ0) is 12.7. The van der Waals surface area contributed by atoms with Crippen molar-refractivity contribution >= 4 is 5.82 Å². The smallest absolute Gasteiger partial charge is 0.129 e. The maximum Gasteiger partial charge on any atom is 0.129 e. The van der Waals surface area contributed by atoms with Gasteiger partial charge < -0.3 is 10.2 Å². The molecule has 1 aromatic heterocycles. The van der Waals surface area contributed by atoms with Gasteiger partial charge >= 0.3 is 0 Å². The quantitative estimate of drug-likeness (QED) is 0.757. The summed E-state index contributed by atoms with van der Waals surface area (Å²) in [6.45, 7) is 6.65. The van der Waals surface area contributed by atoms with Gasteiger partial charge in [-0.2, -0.15) is 0 Å². The first-order valence-electron chi connectivity index (χ1n) is 6.06. The minimum atomic E-state index is 0.584. The Hall–Kier alpha value is -1.53. The molecule has 0 radical (unpaired) electrons. The van der Waals surface area contributed by atoms with E-state index in [2.05, 4.69) is 42.2 Å².